The van der Waals surface area contributed by atoms with E-state index in [1.807, 2.05) is 10.8 Å². The van der Waals surface area contributed by atoms with Crippen molar-refractivity contribution in [2.75, 3.05) is 18.7 Å². The number of nitrogens with zero attached hydrogens (tertiary/aromatic N) is 1. The van der Waals surface area contributed by atoms with E-state index < -0.39 is 33.9 Å². The van der Waals surface area contributed by atoms with E-state index in [4.69, 9.17) is 15.2 Å². The van der Waals surface area contributed by atoms with Crippen molar-refractivity contribution in [3.05, 3.63) is 108 Å². The second-order valence-electron chi connectivity index (χ2n) is 9.69. The molecule has 1 aliphatic heterocycles. The Morgan fingerprint density at radius 1 is 0.884 bits per heavy atom. The van der Waals surface area contributed by atoms with Gasteiger partial charge < -0.3 is 25.4 Å². The van der Waals surface area contributed by atoms with Crippen molar-refractivity contribution in [2.45, 2.75) is 17.4 Å². The molecule has 11 nitrogen and oxygen atoms in total. The van der Waals surface area contributed by atoms with Gasteiger partial charge in [-0.15, -0.1) is 0 Å². The Morgan fingerprint density at radius 3 is 2.28 bits per heavy atom. The topological polar surface area (TPSA) is 157 Å². The molecule has 0 aromatic heterocycles. The average Bonchev–Trinajstić information content (AvgIpc) is 3.48. The number of carbonyl (C=O) groups is 3. The normalized spacial score (nSPS) is 12.7. The number of urea groups is 1. The van der Waals surface area contributed by atoms with Gasteiger partial charge in [0.1, 0.15) is 6.04 Å². The molecule has 43 heavy (non-hydrogen) atoms. The third-order valence-corrected chi connectivity index (χ3v) is 8.23. The van der Waals surface area contributed by atoms with Crippen molar-refractivity contribution in [1.82, 2.24) is 10.0 Å². The summed E-state index contributed by atoms with van der Waals surface area (Å²) in [5.74, 6) is -0.0616. The van der Waals surface area contributed by atoms with E-state index in [2.05, 4.69) is 5.32 Å². The minimum atomic E-state index is -4.40. The largest absolute Gasteiger partial charge is 0.454 e. The average molecular weight is 601 g/mol. The van der Waals surface area contributed by atoms with Gasteiger partial charge in [0.15, 0.2) is 11.5 Å². The second kappa shape index (κ2) is 12.2. The number of benzene rings is 4. The number of rotatable bonds is 9. The summed E-state index contributed by atoms with van der Waals surface area (Å²) >= 11 is 0. The summed E-state index contributed by atoms with van der Waals surface area (Å²) < 4.78 is 39.6. The van der Waals surface area contributed by atoms with Gasteiger partial charge in [-0.1, -0.05) is 60.7 Å². The lowest BCUT2D eigenvalue weighted by Gasteiger charge is -2.25. The fourth-order valence-electron chi connectivity index (χ4n) is 4.62. The molecule has 4 aromatic rings. The van der Waals surface area contributed by atoms with Crippen LogP contribution in [0.4, 0.5) is 10.5 Å². The van der Waals surface area contributed by atoms with Crippen LogP contribution in [0, 0.1) is 0 Å². The van der Waals surface area contributed by atoms with Gasteiger partial charge in [0.25, 0.3) is 10.0 Å². The van der Waals surface area contributed by atoms with Gasteiger partial charge in [-0.2, -0.15) is 0 Å². The highest BCUT2D eigenvalue weighted by Gasteiger charge is 2.29. The summed E-state index contributed by atoms with van der Waals surface area (Å²) in [6, 6.07) is 24.0. The van der Waals surface area contributed by atoms with Crippen LogP contribution in [0.15, 0.2) is 102 Å². The van der Waals surface area contributed by atoms with Crippen molar-refractivity contribution < 1.29 is 32.3 Å². The summed E-state index contributed by atoms with van der Waals surface area (Å²) in [5, 5.41) is 2.55. The Kier molecular flexibility index (Phi) is 8.30. The number of hydrogen-bond donors (Lipinski definition) is 3. The molecule has 220 valence electrons. The molecule has 0 saturated heterocycles. The minimum Gasteiger partial charge on any atom is -0.454 e. The van der Waals surface area contributed by atoms with Gasteiger partial charge in [0.05, 0.1) is 4.90 Å². The third kappa shape index (κ3) is 6.60. The van der Waals surface area contributed by atoms with Crippen LogP contribution < -0.4 is 30.1 Å². The van der Waals surface area contributed by atoms with Crippen molar-refractivity contribution in [2.24, 2.45) is 5.73 Å². The number of primary amides is 1. The highest BCUT2D eigenvalue weighted by atomic mass is 32.2. The molecule has 1 atom stereocenters. The van der Waals surface area contributed by atoms with Gasteiger partial charge in [-0.05, 0) is 41.5 Å². The number of nitrogens with two attached hydrogens (primary N) is 1. The van der Waals surface area contributed by atoms with E-state index in [9.17, 15) is 22.8 Å². The van der Waals surface area contributed by atoms with E-state index >= 15 is 0 Å². The highest BCUT2D eigenvalue weighted by Crippen LogP contribution is 2.35. The molecule has 0 spiro atoms. The first kappa shape index (κ1) is 29.1. The highest BCUT2D eigenvalue weighted by molar-refractivity contribution is 7.90. The zero-order valence-electron chi connectivity index (χ0n) is 23.0. The second-order valence-corrected chi connectivity index (χ2v) is 11.3. The van der Waals surface area contributed by atoms with Crippen molar-refractivity contribution in [3.63, 3.8) is 0 Å². The van der Waals surface area contributed by atoms with E-state index in [-0.39, 0.29) is 23.7 Å². The third-order valence-electron chi connectivity index (χ3n) is 6.84. The molecule has 1 aliphatic rings. The van der Waals surface area contributed by atoms with Crippen LogP contribution in [-0.4, -0.2) is 46.1 Å². The molecule has 1 heterocycles. The first-order valence-electron chi connectivity index (χ1n) is 13.2. The molecule has 0 saturated carbocycles. The van der Waals surface area contributed by atoms with Crippen LogP contribution in [-0.2, 0) is 21.2 Å². The zero-order valence-corrected chi connectivity index (χ0v) is 23.8. The fraction of sp³-hybridized carbons (Fsp3) is 0.129. The molecule has 1 unspecified atom stereocenters. The maximum Gasteiger partial charge on any atom is 0.329 e. The number of carbonyl (C=O) groups excluding carboxylic acids is 3. The Morgan fingerprint density at radius 2 is 1.56 bits per heavy atom. The van der Waals surface area contributed by atoms with Gasteiger partial charge in [-0.25, -0.2) is 17.9 Å². The molecular formula is C31H28N4O7S. The number of sulfonamides is 1. The maximum absolute atomic E-state index is 13.7. The Bertz CT molecular complexity index is 1780. The van der Waals surface area contributed by atoms with Crippen molar-refractivity contribution >= 4 is 33.6 Å². The maximum atomic E-state index is 13.7. The zero-order chi connectivity index (χ0) is 30.6. The lowest BCUT2D eigenvalue weighted by Crippen LogP contribution is -2.52. The quantitative estimate of drug-likeness (QED) is 0.266. The molecule has 4 aromatic carbocycles. The fourth-order valence-corrected chi connectivity index (χ4v) is 5.77. The number of hydrogen-bond acceptors (Lipinski definition) is 7. The minimum absolute atomic E-state index is 0.0745. The van der Waals surface area contributed by atoms with E-state index in [0.29, 0.717) is 28.3 Å². The van der Waals surface area contributed by atoms with Crippen LogP contribution in [0.2, 0.25) is 0 Å². The van der Waals surface area contributed by atoms with Crippen LogP contribution in [0.1, 0.15) is 15.9 Å². The van der Waals surface area contributed by atoms with E-state index in [0.717, 1.165) is 5.56 Å². The monoisotopic (exact) mass is 600 g/mol. The van der Waals surface area contributed by atoms with E-state index in [1.54, 1.807) is 73.8 Å². The van der Waals surface area contributed by atoms with E-state index in [1.165, 1.54) is 29.2 Å². The standard InChI is InChI=1S/C31H28N4O7S/c1-35(23-15-16-26-27(18-23)42-19-41-26)30(37)25(17-20-7-3-2-4-8-20)33-31(38)34-43(39,40)28-10-6-5-9-24(28)21-11-13-22(14-12-21)29(32)36/h2-16,18,25H,17,19H2,1H3,(H2,32,36)(H2,33,34,38). The van der Waals surface area contributed by atoms with Gasteiger partial charge in [-0.3, -0.25) is 9.59 Å². The van der Waals surface area contributed by atoms with Crippen LogP contribution in [0.5, 0.6) is 11.5 Å². The molecule has 4 N–H and O–H groups in total. The van der Waals surface area contributed by atoms with Gasteiger partial charge >= 0.3 is 6.03 Å². The molecule has 4 amide bonds. The predicted molar refractivity (Wildman–Crippen MR) is 159 cm³/mol. The number of anilines is 1. The molecule has 0 radical (unpaired) electrons. The van der Waals surface area contributed by atoms with Crippen LogP contribution in [0.3, 0.4) is 0 Å². The van der Waals surface area contributed by atoms with Crippen molar-refractivity contribution in [1.29, 1.82) is 0 Å². The number of fused-ring (bicyclic) bond motifs is 1. The molecular weight excluding hydrogens is 572 g/mol. The number of likely N-dealkylation sites (N-methyl/N-ethyl adjacent to an activating group) is 1. The molecule has 0 bridgehead atoms. The Hall–Kier alpha value is -5.36. The summed E-state index contributed by atoms with van der Waals surface area (Å²) in [4.78, 5) is 39.5. The Labute approximate surface area is 248 Å². The molecule has 0 fully saturated rings. The summed E-state index contributed by atoms with van der Waals surface area (Å²) in [5.41, 5.74) is 7.63. The first-order valence-corrected chi connectivity index (χ1v) is 14.6. The molecule has 0 aliphatic carbocycles. The summed E-state index contributed by atoms with van der Waals surface area (Å²) in [6.45, 7) is 0.0745. The molecule has 12 heteroatoms. The number of nitrogens with one attached hydrogen (secondary N) is 2. The van der Waals surface area contributed by atoms with Crippen LogP contribution >= 0.6 is 0 Å². The van der Waals surface area contributed by atoms with Crippen LogP contribution in [0.25, 0.3) is 11.1 Å². The smallest absolute Gasteiger partial charge is 0.329 e. The lowest BCUT2D eigenvalue weighted by atomic mass is 10.0. The van der Waals surface area contributed by atoms with Crippen molar-refractivity contribution in [3.8, 4) is 22.6 Å². The molecule has 5 rings (SSSR count). The number of amides is 4. The summed E-state index contributed by atoms with van der Waals surface area (Å²) in [6.07, 6.45) is 0.102. The van der Waals surface area contributed by atoms with Gasteiger partial charge in [0.2, 0.25) is 18.6 Å². The SMILES string of the molecule is CN(C(=O)C(Cc1ccccc1)NC(=O)NS(=O)(=O)c1ccccc1-c1ccc(C(N)=O)cc1)c1ccc2c(c1)OCO2. The predicted octanol–water partition coefficient (Wildman–Crippen LogP) is 3.44. The first-order chi connectivity index (χ1) is 20.6. The van der Waals surface area contributed by atoms with Gasteiger partial charge in [0, 0.05) is 36.3 Å². The lowest BCUT2D eigenvalue weighted by molar-refractivity contribution is -0.120. The number of ether oxygens (including phenoxy) is 2. The summed E-state index contributed by atoms with van der Waals surface area (Å²) in [7, 11) is -2.85. The Balaban J connectivity index is 1.37.